The minimum absolute atomic E-state index is 0.206. The quantitative estimate of drug-likeness (QED) is 0.863. The van der Waals surface area contributed by atoms with Gasteiger partial charge in [-0.15, -0.1) is 0 Å². The van der Waals surface area contributed by atoms with Crippen LogP contribution in [-0.2, 0) is 0 Å². The van der Waals surface area contributed by atoms with E-state index in [0.717, 1.165) is 17.3 Å². The van der Waals surface area contributed by atoms with Crippen LogP contribution in [0, 0.1) is 0 Å². The van der Waals surface area contributed by atoms with Crippen molar-refractivity contribution in [3.63, 3.8) is 0 Å². The topological polar surface area (TPSA) is 15.3 Å². The molecule has 0 amide bonds. The van der Waals surface area contributed by atoms with E-state index < -0.39 is 12.7 Å². The lowest BCUT2D eigenvalue weighted by Crippen LogP contribution is -2.46. The molecule has 21 heavy (non-hydrogen) atoms. The zero-order chi connectivity index (χ0) is 15.5. The molecular formula is C15H20BrF3N2. The second-order valence-corrected chi connectivity index (χ2v) is 6.52. The first-order valence-corrected chi connectivity index (χ1v) is 7.93. The summed E-state index contributed by atoms with van der Waals surface area (Å²) < 4.78 is 38.1. The SMILES string of the molecule is C[C@@H](NC1CCN(CC(F)(F)F)CC1)c1ccc(Br)cc1. The Morgan fingerprint density at radius 2 is 1.81 bits per heavy atom. The van der Waals surface area contributed by atoms with Gasteiger partial charge in [-0.3, -0.25) is 4.90 Å². The predicted molar refractivity (Wildman–Crippen MR) is 81.2 cm³/mol. The molecule has 0 aromatic heterocycles. The fourth-order valence-corrected chi connectivity index (χ4v) is 2.98. The molecule has 1 heterocycles. The highest BCUT2D eigenvalue weighted by Crippen LogP contribution is 2.22. The number of likely N-dealkylation sites (tertiary alicyclic amines) is 1. The lowest BCUT2D eigenvalue weighted by atomic mass is 10.0. The third-order valence-electron chi connectivity index (χ3n) is 3.85. The maximum atomic E-state index is 12.3. The van der Waals surface area contributed by atoms with Crippen molar-refractivity contribution in [1.29, 1.82) is 0 Å². The Morgan fingerprint density at radius 1 is 1.24 bits per heavy atom. The van der Waals surface area contributed by atoms with E-state index in [1.165, 1.54) is 10.5 Å². The summed E-state index contributed by atoms with van der Waals surface area (Å²) in [6.45, 7) is 2.31. The van der Waals surface area contributed by atoms with E-state index in [-0.39, 0.29) is 12.1 Å². The highest BCUT2D eigenvalue weighted by molar-refractivity contribution is 9.10. The van der Waals surface area contributed by atoms with Crippen LogP contribution in [-0.4, -0.2) is 36.8 Å². The van der Waals surface area contributed by atoms with Crippen molar-refractivity contribution in [3.8, 4) is 0 Å². The van der Waals surface area contributed by atoms with E-state index in [1.807, 2.05) is 12.1 Å². The number of nitrogens with one attached hydrogen (secondary N) is 1. The summed E-state index contributed by atoms with van der Waals surface area (Å²) in [5, 5.41) is 3.51. The van der Waals surface area contributed by atoms with Gasteiger partial charge in [0.1, 0.15) is 0 Å². The van der Waals surface area contributed by atoms with Crippen LogP contribution < -0.4 is 5.32 Å². The molecule has 6 heteroatoms. The number of hydrogen-bond donors (Lipinski definition) is 1. The van der Waals surface area contributed by atoms with E-state index in [2.05, 4.69) is 40.3 Å². The molecular weight excluding hydrogens is 345 g/mol. The number of rotatable bonds is 4. The first kappa shape index (κ1) is 16.8. The van der Waals surface area contributed by atoms with Gasteiger partial charge in [-0.05, 0) is 50.6 Å². The number of piperidine rings is 1. The number of alkyl halides is 3. The minimum Gasteiger partial charge on any atom is -0.307 e. The van der Waals surface area contributed by atoms with Crippen LogP contribution >= 0.6 is 15.9 Å². The smallest absolute Gasteiger partial charge is 0.307 e. The lowest BCUT2D eigenvalue weighted by molar-refractivity contribution is -0.148. The molecule has 118 valence electrons. The van der Waals surface area contributed by atoms with Gasteiger partial charge in [0.05, 0.1) is 6.54 Å². The van der Waals surface area contributed by atoms with Gasteiger partial charge in [-0.25, -0.2) is 0 Å². The van der Waals surface area contributed by atoms with Crippen molar-refractivity contribution in [2.45, 2.75) is 38.0 Å². The molecule has 1 aliphatic heterocycles. The zero-order valence-corrected chi connectivity index (χ0v) is 13.5. The maximum Gasteiger partial charge on any atom is 0.401 e. The summed E-state index contributed by atoms with van der Waals surface area (Å²) >= 11 is 3.41. The highest BCUT2D eigenvalue weighted by Gasteiger charge is 2.32. The number of halogens is 4. The number of hydrogen-bond acceptors (Lipinski definition) is 2. The van der Waals surface area contributed by atoms with E-state index in [0.29, 0.717) is 13.1 Å². The van der Waals surface area contributed by atoms with Crippen LogP contribution in [0.3, 0.4) is 0 Å². The van der Waals surface area contributed by atoms with E-state index in [1.54, 1.807) is 0 Å². The summed E-state index contributed by atoms with van der Waals surface area (Å²) in [6.07, 6.45) is -2.57. The van der Waals surface area contributed by atoms with Crippen LogP contribution in [0.5, 0.6) is 0 Å². The molecule has 0 aliphatic carbocycles. The lowest BCUT2D eigenvalue weighted by Gasteiger charge is -2.34. The maximum absolute atomic E-state index is 12.3. The monoisotopic (exact) mass is 364 g/mol. The first-order valence-electron chi connectivity index (χ1n) is 7.14. The van der Waals surface area contributed by atoms with Crippen molar-refractivity contribution in [3.05, 3.63) is 34.3 Å². The summed E-state index contributed by atoms with van der Waals surface area (Å²) in [5.41, 5.74) is 1.19. The van der Waals surface area contributed by atoms with Gasteiger partial charge in [0.25, 0.3) is 0 Å². The number of benzene rings is 1. The Morgan fingerprint density at radius 3 is 2.33 bits per heavy atom. The van der Waals surface area contributed by atoms with E-state index >= 15 is 0 Å². The molecule has 0 radical (unpaired) electrons. The molecule has 2 rings (SSSR count). The second-order valence-electron chi connectivity index (χ2n) is 5.61. The van der Waals surface area contributed by atoms with Crippen LogP contribution in [0.4, 0.5) is 13.2 Å². The molecule has 1 aliphatic rings. The van der Waals surface area contributed by atoms with Crippen molar-refractivity contribution in [2.24, 2.45) is 0 Å². The standard InChI is InChI=1S/C15H20BrF3N2/c1-11(12-2-4-13(16)5-3-12)20-14-6-8-21(9-7-14)10-15(17,18)19/h2-5,11,14,20H,6-10H2,1H3/t11-/m1/s1. The largest absolute Gasteiger partial charge is 0.401 e. The van der Waals surface area contributed by atoms with Crippen LogP contribution in [0.1, 0.15) is 31.4 Å². The molecule has 2 nitrogen and oxygen atoms in total. The predicted octanol–water partition coefficient (Wildman–Crippen LogP) is 4.13. The number of nitrogens with zero attached hydrogens (tertiary/aromatic N) is 1. The first-order chi connectivity index (χ1) is 9.83. The van der Waals surface area contributed by atoms with Gasteiger partial charge in [0.15, 0.2) is 0 Å². The van der Waals surface area contributed by atoms with Gasteiger partial charge in [0.2, 0.25) is 0 Å². The normalized spacial score (nSPS) is 19.7. The zero-order valence-electron chi connectivity index (χ0n) is 12.0. The van der Waals surface area contributed by atoms with E-state index in [4.69, 9.17) is 0 Å². The van der Waals surface area contributed by atoms with Gasteiger partial charge < -0.3 is 5.32 Å². The van der Waals surface area contributed by atoms with Gasteiger partial charge in [-0.1, -0.05) is 28.1 Å². The average molecular weight is 365 g/mol. The second kappa shape index (κ2) is 7.11. The van der Waals surface area contributed by atoms with Crippen LogP contribution in [0.15, 0.2) is 28.7 Å². The van der Waals surface area contributed by atoms with Gasteiger partial charge in [0, 0.05) is 16.6 Å². The molecule has 1 saturated heterocycles. The molecule has 1 aromatic carbocycles. The Hall–Kier alpha value is -0.590. The molecule has 0 saturated carbocycles. The molecule has 1 atom stereocenters. The Balaban J connectivity index is 1.79. The van der Waals surface area contributed by atoms with Gasteiger partial charge in [-0.2, -0.15) is 13.2 Å². The average Bonchev–Trinajstić information content (AvgIpc) is 2.40. The molecule has 1 fully saturated rings. The van der Waals surface area contributed by atoms with Crippen molar-refractivity contribution in [1.82, 2.24) is 10.2 Å². The third-order valence-corrected chi connectivity index (χ3v) is 4.37. The third kappa shape index (κ3) is 5.60. The summed E-state index contributed by atoms with van der Waals surface area (Å²) in [4.78, 5) is 1.49. The molecule has 1 N–H and O–H groups in total. The summed E-state index contributed by atoms with van der Waals surface area (Å²) in [6, 6.07) is 8.60. The van der Waals surface area contributed by atoms with Crippen molar-refractivity contribution >= 4 is 15.9 Å². The summed E-state index contributed by atoms with van der Waals surface area (Å²) in [7, 11) is 0. The highest BCUT2D eigenvalue weighted by atomic mass is 79.9. The molecule has 0 spiro atoms. The minimum atomic E-state index is -4.09. The van der Waals surface area contributed by atoms with Crippen molar-refractivity contribution < 1.29 is 13.2 Å². The van der Waals surface area contributed by atoms with Crippen LogP contribution in [0.2, 0.25) is 0 Å². The van der Waals surface area contributed by atoms with Gasteiger partial charge >= 0.3 is 6.18 Å². The fraction of sp³-hybridized carbons (Fsp3) is 0.600. The Bertz CT molecular complexity index is 439. The Labute approximate surface area is 131 Å². The molecule has 0 bridgehead atoms. The fourth-order valence-electron chi connectivity index (χ4n) is 2.71. The van der Waals surface area contributed by atoms with Crippen LogP contribution in [0.25, 0.3) is 0 Å². The molecule has 1 aromatic rings. The Kier molecular flexibility index (Phi) is 5.68. The van der Waals surface area contributed by atoms with E-state index in [9.17, 15) is 13.2 Å². The van der Waals surface area contributed by atoms with Crippen molar-refractivity contribution in [2.75, 3.05) is 19.6 Å². The molecule has 0 unspecified atom stereocenters. The summed E-state index contributed by atoms with van der Waals surface area (Å²) in [5.74, 6) is 0.